The topological polar surface area (TPSA) is 12.0 Å². The molecular weight excluding hydrogens is 190 g/mol. The maximum Gasteiger partial charge on any atom is 0.00453 e. The molecule has 0 aliphatic carbocycles. The summed E-state index contributed by atoms with van der Waals surface area (Å²) in [7, 11) is 2.04. The van der Waals surface area contributed by atoms with Gasteiger partial charge in [0.25, 0.3) is 0 Å². The Morgan fingerprint density at radius 2 is 2.21 bits per heavy atom. The molecule has 0 saturated carbocycles. The van der Waals surface area contributed by atoms with Gasteiger partial charge in [0.1, 0.15) is 0 Å². The van der Waals surface area contributed by atoms with Gasteiger partial charge in [0, 0.05) is 4.88 Å². The molecule has 1 N–H and O–H groups in total. The fraction of sp³-hybridized carbons (Fsp3) is 0.667. The van der Waals surface area contributed by atoms with Crippen LogP contribution in [0.25, 0.3) is 0 Å². The van der Waals surface area contributed by atoms with E-state index >= 15 is 0 Å². The fourth-order valence-corrected chi connectivity index (χ4v) is 2.44. The predicted octanol–water partition coefficient (Wildman–Crippen LogP) is 3.17. The highest BCUT2D eigenvalue weighted by molar-refractivity contribution is 7.09. The number of nitrogens with one attached hydrogen (secondary N) is 1. The molecule has 0 amide bonds. The van der Waals surface area contributed by atoms with Crippen molar-refractivity contribution in [3.05, 3.63) is 22.4 Å². The van der Waals surface area contributed by atoms with E-state index in [4.69, 9.17) is 0 Å². The van der Waals surface area contributed by atoms with Crippen molar-refractivity contribution in [2.24, 2.45) is 11.8 Å². The molecule has 1 unspecified atom stereocenters. The Morgan fingerprint density at radius 1 is 1.43 bits per heavy atom. The molecule has 1 atom stereocenters. The van der Waals surface area contributed by atoms with Crippen molar-refractivity contribution in [2.75, 3.05) is 13.6 Å². The molecule has 0 aliphatic rings. The van der Waals surface area contributed by atoms with Gasteiger partial charge in [-0.25, -0.2) is 0 Å². The summed E-state index contributed by atoms with van der Waals surface area (Å²) in [6, 6.07) is 4.38. The first-order valence-corrected chi connectivity index (χ1v) is 6.29. The number of hydrogen-bond acceptors (Lipinski definition) is 2. The van der Waals surface area contributed by atoms with Crippen LogP contribution in [-0.2, 0) is 6.42 Å². The first-order valence-electron chi connectivity index (χ1n) is 5.41. The highest BCUT2D eigenvalue weighted by atomic mass is 32.1. The Hall–Kier alpha value is -0.340. The molecule has 1 nitrogen and oxygen atoms in total. The normalized spacial score (nSPS) is 13.4. The Labute approximate surface area is 91.5 Å². The average Bonchev–Trinajstić information content (AvgIpc) is 2.64. The van der Waals surface area contributed by atoms with Gasteiger partial charge >= 0.3 is 0 Å². The maximum atomic E-state index is 3.28. The molecule has 1 heterocycles. The van der Waals surface area contributed by atoms with Crippen LogP contribution in [0.15, 0.2) is 17.5 Å². The van der Waals surface area contributed by atoms with Crippen molar-refractivity contribution >= 4 is 11.3 Å². The Bertz CT molecular complexity index is 228. The summed E-state index contributed by atoms with van der Waals surface area (Å²) in [6.07, 6.45) is 2.54. The quantitative estimate of drug-likeness (QED) is 0.762. The van der Waals surface area contributed by atoms with Crippen molar-refractivity contribution in [1.82, 2.24) is 5.32 Å². The lowest BCUT2D eigenvalue weighted by Crippen LogP contribution is -2.23. The van der Waals surface area contributed by atoms with Gasteiger partial charge in [-0.15, -0.1) is 11.3 Å². The zero-order valence-electron chi connectivity index (χ0n) is 9.42. The SMILES string of the molecule is CNCC(CCc1cccs1)C(C)C. The van der Waals surface area contributed by atoms with Crippen molar-refractivity contribution in [3.63, 3.8) is 0 Å². The molecule has 0 spiro atoms. The molecule has 1 rings (SSSR count). The standard InChI is InChI=1S/C12H21NS/c1-10(2)11(9-13-3)6-7-12-5-4-8-14-12/h4-5,8,10-11,13H,6-7,9H2,1-3H3. The Kier molecular flexibility index (Phi) is 5.20. The van der Waals surface area contributed by atoms with E-state index in [1.54, 1.807) is 0 Å². The van der Waals surface area contributed by atoms with Crippen LogP contribution in [0.1, 0.15) is 25.1 Å². The molecule has 0 aromatic carbocycles. The molecule has 0 saturated heterocycles. The van der Waals surface area contributed by atoms with Crippen LogP contribution in [0, 0.1) is 11.8 Å². The summed E-state index contributed by atoms with van der Waals surface area (Å²) in [5.41, 5.74) is 0. The molecule has 1 aromatic heterocycles. The van der Waals surface area contributed by atoms with Gasteiger partial charge in [0.15, 0.2) is 0 Å². The minimum atomic E-state index is 0.780. The first-order chi connectivity index (χ1) is 6.74. The zero-order chi connectivity index (χ0) is 10.4. The highest BCUT2D eigenvalue weighted by Crippen LogP contribution is 2.19. The first kappa shape index (κ1) is 11.7. The van der Waals surface area contributed by atoms with Crippen LogP contribution in [0.2, 0.25) is 0 Å². The van der Waals surface area contributed by atoms with Crippen LogP contribution in [0.3, 0.4) is 0 Å². The van der Waals surface area contributed by atoms with Crippen LogP contribution in [0.5, 0.6) is 0 Å². The average molecular weight is 211 g/mol. The third-order valence-electron chi connectivity index (χ3n) is 2.75. The second-order valence-corrected chi connectivity index (χ2v) is 5.21. The van der Waals surface area contributed by atoms with Gasteiger partial charge in [-0.05, 0) is 49.7 Å². The summed E-state index contributed by atoms with van der Waals surface area (Å²) in [4.78, 5) is 1.52. The summed E-state index contributed by atoms with van der Waals surface area (Å²) in [5, 5.41) is 5.45. The van der Waals surface area contributed by atoms with Gasteiger partial charge in [-0.3, -0.25) is 0 Å². The lowest BCUT2D eigenvalue weighted by Gasteiger charge is -2.19. The van der Waals surface area contributed by atoms with E-state index in [1.807, 2.05) is 18.4 Å². The smallest absolute Gasteiger partial charge is 0.00453 e. The maximum absolute atomic E-state index is 3.28. The number of rotatable bonds is 6. The van der Waals surface area contributed by atoms with Crippen LogP contribution >= 0.6 is 11.3 Å². The van der Waals surface area contributed by atoms with Gasteiger partial charge in [0.2, 0.25) is 0 Å². The predicted molar refractivity (Wildman–Crippen MR) is 64.9 cm³/mol. The van der Waals surface area contributed by atoms with E-state index in [0.717, 1.165) is 18.4 Å². The van der Waals surface area contributed by atoms with Gasteiger partial charge in [-0.2, -0.15) is 0 Å². The molecule has 0 aliphatic heterocycles. The van der Waals surface area contributed by atoms with Crippen molar-refractivity contribution in [3.8, 4) is 0 Å². The number of thiophene rings is 1. The second-order valence-electron chi connectivity index (χ2n) is 4.18. The monoisotopic (exact) mass is 211 g/mol. The molecule has 14 heavy (non-hydrogen) atoms. The molecule has 0 fully saturated rings. The van der Waals surface area contributed by atoms with Gasteiger partial charge < -0.3 is 5.32 Å². The summed E-state index contributed by atoms with van der Waals surface area (Å²) in [6.45, 7) is 5.77. The number of hydrogen-bond donors (Lipinski definition) is 1. The third-order valence-corrected chi connectivity index (χ3v) is 3.69. The molecular formula is C12H21NS. The van der Waals surface area contributed by atoms with Crippen LogP contribution in [0.4, 0.5) is 0 Å². The van der Waals surface area contributed by atoms with E-state index in [1.165, 1.54) is 17.7 Å². The van der Waals surface area contributed by atoms with Gasteiger partial charge in [-0.1, -0.05) is 19.9 Å². The summed E-state index contributed by atoms with van der Waals surface area (Å²) >= 11 is 1.87. The fourth-order valence-electron chi connectivity index (χ4n) is 1.72. The Balaban J connectivity index is 2.33. The van der Waals surface area contributed by atoms with E-state index in [-0.39, 0.29) is 0 Å². The van der Waals surface area contributed by atoms with Crippen molar-refractivity contribution in [2.45, 2.75) is 26.7 Å². The largest absolute Gasteiger partial charge is 0.319 e. The Morgan fingerprint density at radius 3 is 2.71 bits per heavy atom. The second kappa shape index (κ2) is 6.20. The van der Waals surface area contributed by atoms with E-state index in [0.29, 0.717) is 0 Å². The van der Waals surface area contributed by atoms with Crippen LogP contribution < -0.4 is 5.32 Å². The van der Waals surface area contributed by atoms with E-state index in [2.05, 4.69) is 36.7 Å². The molecule has 1 aromatic rings. The third kappa shape index (κ3) is 3.81. The van der Waals surface area contributed by atoms with E-state index in [9.17, 15) is 0 Å². The van der Waals surface area contributed by atoms with Crippen LogP contribution in [-0.4, -0.2) is 13.6 Å². The summed E-state index contributed by atoms with van der Waals surface area (Å²) in [5.74, 6) is 1.59. The minimum Gasteiger partial charge on any atom is -0.319 e. The van der Waals surface area contributed by atoms with E-state index < -0.39 is 0 Å². The minimum absolute atomic E-state index is 0.780. The van der Waals surface area contributed by atoms with Gasteiger partial charge in [0.05, 0.1) is 0 Å². The lowest BCUT2D eigenvalue weighted by atomic mass is 9.91. The summed E-state index contributed by atoms with van der Waals surface area (Å²) < 4.78 is 0. The van der Waals surface area contributed by atoms with Crippen molar-refractivity contribution in [1.29, 1.82) is 0 Å². The molecule has 0 radical (unpaired) electrons. The van der Waals surface area contributed by atoms with Crippen molar-refractivity contribution < 1.29 is 0 Å². The molecule has 0 bridgehead atoms. The number of aryl methyl sites for hydroxylation is 1. The lowest BCUT2D eigenvalue weighted by molar-refractivity contribution is 0.350. The highest BCUT2D eigenvalue weighted by Gasteiger charge is 2.12. The molecule has 80 valence electrons. The molecule has 2 heteroatoms. The zero-order valence-corrected chi connectivity index (χ0v) is 10.2.